The van der Waals surface area contributed by atoms with E-state index in [1.54, 1.807) is 6.07 Å². The lowest BCUT2D eigenvalue weighted by molar-refractivity contribution is 1.14. The first-order valence-electron chi connectivity index (χ1n) is 5.27. The van der Waals surface area contributed by atoms with Crippen LogP contribution in [0.3, 0.4) is 0 Å². The number of hydrogen-bond donors (Lipinski definition) is 0. The van der Waals surface area contributed by atoms with Crippen molar-refractivity contribution in [2.75, 3.05) is 0 Å². The molecule has 0 fully saturated rings. The maximum absolute atomic E-state index is 6.17. The van der Waals surface area contributed by atoms with Gasteiger partial charge < -0.3 is 0 Å². The average Bonchev–Trinajstić information content (AvgIpc) is 2.28. The summed E-state index contributed by atoms with van der Waals surface area (Å²) in [5.41, 5.74) is 2.99. The number of rotatable bonds is 2. The van der Waals surface area contributed by atoms with E-state index in [0.717, 1.165) is 23.1 Å². The van der Waals surface area contributed by atoms with Crippen LogP contribution < -0.4 is 0 Å². The highest BCUT2D eigenvalue weighted by molar-refractivity contribution is 6.36. The van der Waals surface area contributed by atoms with E-state index in [4.69, 9.17) is 34.8 Å². The van der Waals surface area contributed by atoms with Crippen LogP contribution in [0.4, 0.5) is 0 Å². The third-order valence-corrected chi connectivity index (χ3v) is 3.27. The smallest absolute Gasteiger partial charge is 0.0499 e. The minimum Gasteiger partial charge on any atom is -0.0843 e. The number of halogens is 3. The van der Waals surface area contributed by atoms with Crippen molar-refractivity contribution in [2.45, 2.75) is 13.3 Å². The monoisotopic (exact) mass is 283 g/mol. The van der Waals surface area contributed by atoms with Crippen LogP contribution >= 0.6 is 34.8 Å². The van der Waals surface area contributed by atoms with Gasteiger partial charge in [0.2, 0.25) is 0 Å². The van der Waals surface area contributed by atoms with Crippen molar-refractivity contribution in [1.82, 2.24) is 0 Å². The zero-order chi connectivity index (χ0) is 12.4. The molecule has 0 N–H and O–H groups in total. The summed E-state index contributed by atoms with van der Waals surface area (Å²) in [4.78, 5) is 0. The summed E-state index contributed by atoms with van der Waals surface area (Å²) in [6.45, 7) is 2.06. The average molecular weight is 285 g/mol. The van der Waals surface area contributed by atoms with Gasteiger partial charge in [-0.25, -0.2) is 0 Å². The molecule has 0 saturated carbocycles. The van der Waals surface area contributed by atoms with Crippen LogP contribution in [0, 0.1) is 6.07 Å². The van der Waals surface area contributed by atoms with Gasteiger partial charge in [-0.1, -0.05) is 53.9 Å². The van der Waals surface area contributed by atoms with E-state index in [1.807, 2.05) is 24.3 Å². The first-order chi connectivity index (χ1) is 8.10. The first kappa shape index (κ1) is 12.8. The summed E-state index contributed by atoms with van der Waals surface area (Å²) in [7, 11) is 0. The SMILES string of the molecule is CCc1[c]c(Cl)cc(-c2ccc(Cl)cc2Cl)c1. The molecule has 0 spiro atoms. The molecule has 3 heteroatoms. The van der Waals surface area contributed by atoms with Gasteiger partial charge >= 0.3 is 0 Å². The van der Waals surface area contributed by atoms with Crippen LogP contribution in [0.25, 0.3) is 11.1 Å². The molecule has 0 saturated heterocycles. The van der Waals surface area contributed by atoms with Crippen LogP contribution in [0.1, 0.15) is 12.5 Å². The summed E-state index contributed by atoms with van der Waals surface area (Å²) in [6, 6.07) is 12.4. The second kappa shape index (κ2) is 5.30. The van der Waals surface area contributed by atoms with Crippen molar-refractivity contribution in [3.05, 3.63) is 57.0 Å². The fourth-order valence-electron chi connectivity index (χ4n) is 1.66. The van der Waals surface area contributed by atoms with Crippen LogP contribution in [0.15, 0.2) is 30.3 Å². The van der Waals surface area contributed by atoms with E-state index in [2.05, 4.69) is 13.0 Å². The van der Waals surface area contributed by atoms with E-state index < -0.39 is 0 Å². The molecule has 2 aromatic rings. The lowest BCUT2D eigenvalue weighted by Crippen LogP contribution is -1.85. The van der Waals surface area contributed by atoms with E-state index >= 15 is 0 Å². The standard InChI is InChI=1S/C14H10Cl3/c1-2-9-5-10(7-12(16)6-9)13-4-3-11(15)8-14(13)17/h3-5,7-8H,2H2,1H3. The topological polar surface area (TPSA) is 0 Å². The molecule has 0 atom stereocenters. The molecule has 1 radical (unpaired) electrons. The van der Waals surface area contributed by atoms with Gasteiger partial charge in [0.1, 0.15) is 0 Å². The summed E-state index contributed by atoms with van der Waals surface area (Å²) < 4.78 is 0. The summed E-state index contributed by atoms with van der Waals surface area (Å²) >= 11 is 18.1. The second-order valence-corrected chi connectivity index (χ2v) is 4.97. The normalized spacial score (nSPS) is 10.6. The van der Waals surface area contributed by atoms with Crippen molar-refractivity contribution in [3.63, 3.8) is 0 Å². The van der Waals surface area contributed by atoms with E-state index in [9.17, 15) is 0 Å². The first-order valence-corrected chi connectivity index (χ1v) is 6.40. The van der Waals surface area contributed by atoms with Gasteiger partial charge in [0, 0.05) is 26.7 Å². The zero-order valence-corrected chi connectivity index (χ0v) is 11.5. The highest BCUT2D eigenvalue weighted by Gasteiger charge is 2.06. The molecule has 87 valence electrons. The Labute approximate surface area is 116 Å². The van der Waals surface area contributed by atoms with Crippen molar-refractivity contribution < 1.29 is 0 Å². The number of benzene rings is 2. The molecule has 0 aromatic heterocycles. The van der Waals surface area contributed by atoms with Gasteiger partial charge in [-0.2, -0.15) is 0 Å². The van der Waals surface area contributed by atoms with Crippen LogP contribution in [0.2, 0.25) is 15.1 Å². The Morgan fingerprint density at radius 3 is 2.47 bits per heavy atom. The molecule has 0 bridgehead atoms. The fourth-order valence-corrected chi connectivity index (χ4v) is 2.42. The molecule has 0 nitrogen and oxygen atoms in total. The molecule has 0 aliphatic rings. The summed E-state index contributed by atoms with van der Waals surface area (Å²) in [5, 5.41) is 1.86. The lowest BCUT2D eigenvalue weighted by Gasteiger charge is -2.07. The van der Waals surface area contributed by atoms with Crippen molar-refractivity contribution in [2.24, 2.45) is 0 Å². The maximum atomic E-state index is 6.17. The molecule has 0 aliphatic carbocycles. The molecule has 0 amide bonds. The largest absolute Gasteiger partial charge is 0.0843 e. The number of aryl methyl sites for hydroxylation is 1. The third-order valence-electron chi connectivity index (χ3n) is 2.51. The minimum atomic E-state index is 0.602. The summed E-state index contributed by atoms with van der Waals surface area (Å²) in [5.74, 6) is 0. The molecule has 0 aliphatic heterocycles. The van der Waals surface area contributed by atoms with Crippen LogP contribution in [-0.2, 0) is 6.42 Å². The highest BCUT2D eigenvalue weighted by atomic mass is 35.5. The highest BCUT2D eigenvalue weighted by Crippen LogP contribution is 2.32. The van der Waals surface area contributed by atoms with Gasteiger partial charge in [0.25, 0.3) is 0 Å². The fraction of sp³-hybridized carbons (Fsp3) is 0.143. The Bertz CT molecular complexity index is 547. The summed E-state index contributed by atoms with van der Waals surface area (Å²) in [6.07, 6.45) is 0.888. The van der Waals surface area contributed by atoms with Gasteiger partial charge in [-0.15, -0.1) is 0 Å². The predicted molar refractivity (Wildman–Crippen MR) is 75.1 cm³/mol. The Balaban J connectivity index is 2.55. The maximum Gasteiger partial charge on any atom is 0.0499 e. The second-order valence-electron chi connectivity index (χ2n) is 3.72. The van der Waals surface area contributed by atoms with Crippen molar-refractivity contribution >= 4 is 34.8 Å². The molecular formula is C14H10Cl3. The lowest BCUT2D eigenvalue weighted by atomic mass is 10.0. The van der Waals surface area contributed by atoms with Crippen LogP contribution in [-0.4, -0.2) is 0 Å². The molecule has 2 aromatic carbocycles. The predicted octanol–water partition coefficient (Wildman–Crippen LogP) is 5.68. The number of hydrogen-bond acceptors (Lipinski definition) is 0. The third kappa shape index (κ3) is 2.95. The van der Waals surface area contributed by atoms with E-state index in [-0.39, 0.29) is 0 Å². The van der Waals surface area contributed by atoms with Gasteiger partial charge in [0.05, 0.1) is 0 Å². The van der Waals surface area contributed by atoms with Gasteiger partial charge in [-0.05, 0) is 35.7 Å². The van der Waals surface area contributed by atoms with Gasteiger partial charge in [0.15, 0.2) is 0 Å². The Kier molecular flexibility index (Phi) is 3.98. The van der Waals surface area contributed by atoms with E-state index in [1.165, 1.54) is 0 Å². The Morgan fingerprint density at radius 2 is 1.82 bits per heavy atom. The van der Waals surface area contributed by atoms with Gasteiger partial charge in [-0.3, -0.25) is 0 Å². The molecule has 17 heavy (non-hydrogen) atoms. The van der Waals surface area contributed by atoms with Crippen molar-refractivity contribution in [1.29, 1.82) is 0 Å². The van der Waals surface area contributed by atoms with Crippen molar-refractivity contribution in [3.8, 4) is 11.1 Å². The molecule has 2 rings (SSSR count). The molecule has 0 unspecified atom stereocenters. The molecular weight excluding hydrogens is 275 g/mol. The minimum absolute atomic E-state index is 0.602. The molecule has 0 heterocycles. The zero-order valence-electron chi connectivity index (χ0n) is 9.23. The van der Waals surface area contributed by atoms with Crippen LogP contribution in [0.5, 0.6) is 0 Å². The Morgan fingerprint density at radius 1 is 1.06 bits per heavy atom. The quantitative estimate of drug-likeness (QED) is 0.666. The van der Waals surface area contributed by atoms with E-state index in [0.29, 0.717) is 15.1 Å². The Hall–Kier alpha value is -0.690.